The summed E-state index contributed by atoms with van der Waals surface area (Å²) in [6, 6.07) is 7.88. The van der Waals surface area contributed by atoms with Crippen molar-refractivity contribution < 1.29 is 17.8 Å². The maximum Gasteiger partial charge on any atom is 0.266 e. The van der Waals surface area contributed by atoms with Crippen LogP contribution in [0.5, 0.6) is 0 Å². The third-order valence-corrected chi connectivity index (χ3v) is 7.54. The zero-order chi connectivity index (χ0) is 21.0. The lowest BCUT2D eigenvalue weighted by Gasteiger charge is -2.19. The lowest BCUT2D eigenvalue weighted by Crippen LogP contribution is -2.27. The van der Waals surface area contributed by atoms with Crippen LogP contribution in [-0.4, -0.2) is 46.9 Å². The van der Waals surface area contributed by atoms with Crippen LogP contribution in [0.2, 0.25) is 0 Å². The highest BCUT2D eigenvalue weighted by Gasteiger charge is 2.30. The number of hydrogen-bond acceptors (Lipinski definition) is 7. The van der Waals surface area contributed by atoms with Gasteiger partial charge in [-0.15, -0.1) is 0 Å². The third-order valence-electron chi connectivity index (χ3n) is 4.21. The molecule has 10 heteroatoms. The van der Waals surface area contributed by atoms with Crippen molar-refractivity contribution in [1.29, 1.82) is 0 Å². The van der Waals surface area contributed by atoms with Crippen LogP contribution in [0.1, 0.15) is 13.3 Å². The van der Waals surface area contributed by atoms with E-state index < -0.39 is 10.1 Å². The van der Waals surface area contributed by atoms with Gasteiger partial charge in [-0.1, -0.05) is 60.0 Å². The topological polar surface area (TPSA) is 77.9 Å². The monoisotopic (exact) mass is 468 g/mol. The number of likely N-dealkylation sites (N-methyl/N-ethyl adjacent to an activating group) is 1. The third kappa shape index (κ3) is 5.52. The molecule has 1 fully saturated rings. The summed E-state index contributed by atoms with van der Waals surface area (Å²) in [6.45, 7) is 2.92. The summed E-state index contributed by atoms with van der Waals surface area (Å²) in [5.74, 6) is -0.354. The van der Waals surface area contributed by atoms with Crippen LogP contribution >= 0.6 is 35.7 Å². The van der Waals surface area contributed by atoms with Crippen molar-refractivity contribution in [3.05, 3.63) is 58.5 Å². The van der Waals surface area contributed by atoms with Crippen molar-refractivity contribution in [3.8, 4) is 0 Å². The average molecular weight is 469 g/mol. The molecule has 0 spiro atoms. The molecule has 1 saturated heterocycles. The number of hydrogen-bond donors (Lipinski definition) is 1. The number of benzene rings is 1. The number of amides is 1. The van der Waals surface area contributed by atoms with Crippen LogP contribution in [0.4, 0.5) is 5.69 Å². The molecule has 0 saturated carbocycles. The number of thioether (sulfide) groups is 2. The van der Waals surface area contributed by atoms with E-state index in [0.29, 0.717) is 28.7 Å². The average Bonchev–Trinajstić information content (AvgIpc) is 3.14. The summed E-state index contributed by atoms with van der Waals surface area (Å²) < 4.78 is 31.6. The number of carbonyl (C=O) groups excluding carboxylic acids is 1. The molecule has 2 heterocycles. The van der Waals surface area contributed by atoms with Crippen molar-refractivity contribution in [2.75, 3.05) is 23.7 Å². The Labute approximate surface area is 184 Å². The van der Waals surface area contributed by atoms with Gasteiger partial charge in [-0.05, 0) is 37.6 Å². The molecule has 0 aromatic heterocycles. The van der Waals surface area contributed by atoms with E-state index in [-0.39, 0.29) is 11.7 Å². The second-order valence-corrected chi connectivity index (χ2v) is 10.5. The smallest absolute Gasteiger partial charge is 0.266 e. The van der Waals surface area contributed by atoms with Crippen LogP contribution in [0.25, 0.3) is 0 Å². The quantitative estimate of drug-likeness (QED) is 0.365. The lowest BCUT2D eigenvalue weighted by atomic mass is 10.3. The predicted molar refractivity (Wildman–Crippen MR) is 124 cm³/mol. The van der Waals surface area contributed by atoms with Crippen molar-refractivity contribution >= 4 is 61.8 Å². The molecule has 1 N–H and O–H groups in total. The molecule has 2 aliphatic heterocycles. The van der Waals surface area contributed by atoms with Crippen LogP contribution in [0, 0.1) is 0 Å². The standard InChI is InChI=1S/C19H20N2O4S4/c1-2-20-18(22)16(28-19(20)26)10-5-6-11-17-21(12-7-13-29(23,24)25)14-8-3-4-9-15(14)27-17/h3-6,8-11H,2,7,12-13H2,1H3,(H,23,24,25)/b6-5+,16-10+,17-11-. The normalized spacial score (nSPS) is 19.9. The first-order chi connectivity index (χ1) is 13.8. The van der Waals surface area contributed by atoms with Gasteiger partial charge >= 0.3 is 0 Å². The van der Waals surface area contributed by atoms with E-state index in [1.54, 1.807) is 28.8 Å². The Morgan fingerprint density at radius 3 is 2.55 bits per heavy atom. The minimum absolute atomic E-state index is 0.0747. The van der Waals surface area contributed by atoms with Gasteiger partial charge < -0.3 is 4.90 Å². The van der Waals surface area contributed by atoms with Crippen LogP contribution < -0.4 is 4.90 Å². The number of carbonyl (C=O) groups is 1. The summed E-state index contributed by atoms with van der Waals surface area (Å²) in [5.41, 5.74) is 1.01. The molecule has 0 aliphatic carbocycles. The molecule has 2 aliphatic rings. The molecule has 0 radical (unpaired) electrons. The number of rotatable bonds is 7. The zero-order valence-corrected chi connectivity index (χ0v) is 18.9. The van der Waals surface area contributed by atoms with Gasteiger partial charge in [0.2, 0.25) is 0 Å². The molecule has 1 amide bonds. The number of thiocarbonyl (C=S) groups is 1. The molecule has 6 nitrogen and oxygen atoms in total. The first kappa shape index (κ1) is 22.1. The van der Waals surface area contributed by atoms with Gasteiger partial charge in [0.25, 0.3) is 16.0 Å². The maximum absolute atomic E-state index is 12.2. The van der Waals surface area contributed by atoms with E-state index in [2.05, 4.69) is 0 Å². The fourth-order valence-electron chi connectivity index (χ4n) is 2.88. The van der Waals surface area contributed by atoms with Crippen molar-refractivity contribution in [2.45, 2.75) is 18.2 Å². The number of para-hydroxylation sites is 1. The highest BCUT2D eigenvalue weighted by Crippen LogP contribution is 2.45. The van der Waals surface area contributed by atoms with E-state index in [9.17, 15) is 13.2 Å². The molecule has 1 aromatic carbocycles. The summed E-state index contributed by atoms with van der Waals surface area (Å²) >= 11 is 8.09. The summed E-state index contributed by atoms with van der Waals surface area (Å²) in [5, 5.41) is 0.951. The van der Waals surface area contributed by atoms with Crippen molar-refractivity contribution in [2.24, 2.45) is 0 Å². The Kier molecular flexibility index (Phi) is 7.23. The van der Waals surface area contributed by atoms with Gasteiger partial charge in [0.05, 0.1) is 21.4 Å². The first-order valence-electron chi connectivity index (χ1n) is 8.92. The Morgan fingerprint density at radius 1 is 1.14 bits per heavy atom. The van der Waals surface area contributed by atoms with Gasteiger partial charge in [0, 0.05) is 18.0 Å². The van der Waals surface area contributed by atoms with Gasteiger partial charge in [-0.3, -0.25) is 14.2 Å². The van der Waals surface area contributed by atoms with Crippen LogP contribution in [0.3, 0.4) is 0 Å². The molecule has 29 heavy (non-hydrogen) atoms. The van der Waals surface area contributed by atoms with E-state index in [0.717, 1.165) is 15.6 Å². The summed E-state index contributed by atoms with van der Waals surface area (Å²) in [7, 11) is -3.98. The Balaban J connectivity index is 1.73. The molecular formula is C19H20N2O4S4. The molecule has 154 valence electrons. The van der Waals surface area contributed by atoms with E-state index in [1.807, 2.05) is 48.2 Å². The summed E-state index contributed by atoms with van der Waals surface area (Å²) in [4.78, 5) is 17.5. The molecule has 0 unspecified atom stereocenters. The van der Waals surface area contributed by atoms with Crippen LogP contribution in [-0.2, 0) is 14.9 Å². The molecule has 3 rings (SSSR count). The molecule has 0 atom stereocenters. The number of fused-ring (bicyclic) bond motifs is 1. The molecular weight excluding hydrogens is 448 g/mol. The predicted octanol–water partition coefficient (Wildman–Crippen LogP) is 4.04. The van der Waals surface area contributed by atoms with E-state index in [4.69, 9.17) is 16.8 Å². The fourth-order valence-corrected chi connectivity index (χ4v) is 5.81. The van der Waals surface area contributed by atoms with Crippen molar-refractivity contribution in [1.82, 2.24) is 4.90 Å². The first-order valence-corrected chi connectivity index (χ1v) is 12.6. The molecule has 1 aromatic rings. The summed E-state index contributed by atoms with van der Waals surface area (Å²) in [6.07, 6.45) is 7.64. The minimum Gasteiger partial charge on any atom is -0.335 e. The SMILES string of the molecule is CCN1C(=O)\C(=C/C=C/C=C2\Sc3ccccc3N2CCCS(=O)(=O)O)SC1=S. The fraction of sp³-hybridized carbons (Fsp3) is 0.263. The maximum atomic E-state index is 12.2. The highest BCUT2D eigenvalue weighted by atomic mass is 32.2. The Hall–Kier alpha value is -1.59. The lowest BCUT2D eigenvalue weighted by molar-refractivity contribution is -0.122. The van der Waals surface area contributed by atoms with E-state index >= 15 is 0 Å². The zero-order valence-electron chi connectivity index (χ0n) is 15.6. The Bertz CT molecular complexity index is 1010. The van der Waals surface area contributed by atoms with Gasteiger partial charge in [-0.25, -0.2) is 0 Å². The molecule has 0 bridgehead atoms. The second-order valence-electron chi connectivity index (χ2n) is 6.20. The van der Waals surface area contributed by atoms with E-state index in [1.165, 1.54) is 11.8 Å². The second kappa shape index (κ2) is 9.48. The van der Waals surface area contributed by atoms with Gasteiger partial charge in [0.15, 0.2) is 0 Å². The number of anilines is 1. The highest BCUT2D eigenvalue weighted by molar-refractivity contribution is 8.26. The number of nitrogens with zero attached hydrogens (tertiary/aromatic N) is 2. The largest absolute Gasteiger partial charge is 0.335 e. The minimum atomic E-state index is -3.98. The van der Waals surface area contributed by atoms with Gasteiger partial charge in [0.1, 0.15) is 4.32 Å². The van der Waals surface area contributed by atoms with Crippen molar-refractivity contribution in [3.63, 3.8) is 0 Å². The van der Waals surface area contributed by atoms with Gasteiger partial charge in [-0.2, -0.15) is 8.42 Å². The Morgan fingerprint density at radius 2 is 1.86 bits per heavy atom. The number of allylic oxidation sites excluding steroid dienone is 4. The van der Waals surface area contributed by atoms with Crippen LogP contribution in [0.15, 0.2) is 63.4 Å².